The van der Waals surface area contributed by atoms with E-state index in [9.17, 15) is 32.7 Å². The first-order valence-corrected chi connectivity index (χ1v) is 13.5. The molecule has 2 atom stereocenters. The zero-order valence-corrected chi connectivity index (χ0v) is 21.7. The maximum Gasteiger partial charge on any atom is 0.393 e. The fraction of sp³-hybridized carbons (Fsp3) is 0.565. The lowest BCUT2D eigenvalue weighted by Gasteiger charge is -2.41. The highest BCUT2D eigenvalue weighted by molar-refractivity contribution is 7.91. The molecule has 0 radical (unpaired) electrons. The average molecular weight is 542 g/mol. The van der Waals surface area contributed by atoms with Crippen LogP contribution in [-0.2, 0) is 38.5 Å². The van der Waals surface area contributed by atoms with E-state index in [1.807, 2.05) is 18.7 Å². The molecule has 0 aliphatic carbocycles. The molecule has 37 heavy (non-hydrogen) atoms. The van der Waals surface area contributed by atoms with E-state index in [4.69, 9.17) is 14.3 Å². The molecule has 204 valence electrons. The number of rotatable bonds is 9. The number of hydrogen-bond acceptors (Lipinski definition) is 11. The number of benzene rings is 1. The number of hydrogen-bond donors (Lipinski definition) is 1. The number of ether oxygens (including phenoxy) is 2. The molecule has 2 aliphatic rings. The fourth-order valence-corrected chi connectivity index (χ4v) is 5.47. The van der Waals surface area contributed by atoms with Crippen LogP contribution in [0.2, 0.25) is 0 Å². The molecular weight excluding hydrogens is 510 g/mol. The SMILES string of the molecule is CCN(CC)CCN(CC)C(=O)N1OC(=O)CC2(O)CC(=O)OC1(CS(=O)(=O)c1ccccc1)OC2=O. The number of aliphatic hydroxyl groups is 1. The van der Waals surface area contributed by atoms with Gasteiger partial charge in [0.1, 0.15) is 0 Å². The Bertz CT molecular complexity index is 1140. The molecule has 2 fully saturated rings. The Morgan fingerprint density at radius 2 is 1.59 bits per heavy atom. The molecule has 2 heterocycles. The van der Waals surface area contributed by atoms with Crippen molar-refractivity contribution in [3.63, 3.8) is 0 Å². The summed E-state index contributed by atoms with van der Waals surface area (Å²) in [7, 11) is -4.41. The molecule has 0 saturated carbocycles. The summed E-state index contributed by atoms with van der Waals surface area (Å²) in [4.78, 5) is 60.1. The molecule has 3 rings (SSSR count). The Kier molecular flexibility index (Phi) is 8.45. The van der Waals surface area contributed by atoms with Crippen molar-refractivity contribution in [2.45, 2.75) is 50.0 Å². The van der Waals surface area contributed by atoms with Crippen molar-refractivity contribution in [3.05, 3.63) is 30.3 Å². The average Bonchev–Trinajstić information content (AvgIpc) is 2.90. The van der Waals surface area contributed by atoms with Gasteiger partial charge in [-0.3, -0.25) is 4.79 Å². The van der Waals surface area contributed by atoms with Crippen LogP contribution in [-0.4, -0.2) is 102 Å². The van der Waals surface area contributed by atoms with Crippen LogP contribution in [0.15, 0.2) is 35.2 Å². The highest BCUT2D eigenvalue weighted by Crippen LogP contribution is 2.37. The molecule has 2 aliphatic heterocycles. The maximum atomic E-state index is 13.7. The number of urea groups is 1. The molecule has 0 aromatic heterocycles. The molecule has 1 aromatic carbocycles. The van der Waals surface area contributed by atoms with Gasteiger partial charge in [-0.15, -0.1) is 0 Å². The second kappa shape index (κ2) is 11.0. The van der Waals surface area contributed by atoms with Gasteiger partial charge in [0, 0.05) is 19.6 Å². The Hall–Kier alpha value is -3.23. The summed E-state index contributed by atoms with van der Waals surface area (Å²) in [6.07, 6.45) is -2.02. The van der Waals surface area contributed by atoms with Gasteiger partial charge in [-0.1, -0.05) is 37.1 Å². The third-order valence-electron chi connectivity index (χ3n) is 6.16. The number of esters is 2. The summed E-state index contributed by atoms with van der Waals surface area (Å²) in [6, 6.07) is 5.91. The van der Waals surface area contributed by atoms with Gasteiger partial charge in [-0.05, 0) is 32.1 Å². The van der Waals surface area contributed by atoms with Crippen molar-refractivity contribution in [2.24, 2.45) is 0 Å². The van der Waals surface area contributed by atoms with Crippen molar-refractivity contribution >= 4 is 33.8 Å². The summed E-state index contributed by atoms with van der Waals surface area (Å²) in [5.74, 6) is -8.33. The smallest absolute Gasteiger partial charge is 0.393 e. The molecule has 0 spiro atoms. The predicted octanol–water partition coefficient (Wildman–Crippen LogP) is 0.283. The minimum absolute atomic E-state index is 0.0987. The zero-order valence-electron chi connectivity index (χ0n) is 20.9. The van der Waals surface area contributed by atoms with Crippen molar-refractivity contribution in [1.29, 1.82) is 0 Å². The predicted molar refractivity (Wildman–Crippen MR) is 126 cm³/mol. The lowest BCUT2D eigenvalue weighted by atomic mass is 9.96. The second-order valence-electron chi connectivity index (χ2n) is 8.68. The monoisotopic (exact) mass is 541 g/mol. The van der Waals surface area contributed by atoms with Crippen LogP contribution >= 0.6 is 0 Å². The maximum absolute atomic E-state index is 13.7. The van der Waals surface area contributed by atoms with E-state index in [0.717, 1.165) is 0 Å². The standard InChI is InChI=1S/C23H31N3O10S/c1-4-24(5-2)12-13-25(6-3)21(30)26-23(16-37(32,33)17-10-8-7-9-11-17)34-18(27)14-22(31,20(29)35-23)15-19(28)36-26/h7-11,31H,4-6,12-16H2,1-3H3. The number of fused-ring (bicyclic) bond motifs is 3. The zero-order chi connectivity index (χ0) is 27.4. The van der Waals surface area contributed by atoms with Gasteiger partial charge in [-0.2, -0.15) is 0 Å². The van der Waals surface area contributed by atoms with Crippen molar-refractivity contribution in [2.75, 3.05) is 38.5 Å². The van der Waals surface area contributed by atoms with Crippen LogP contribution in [0.5, 0.6) is 0 Å². The molecule has 2 saturated heterocycles. The normalized spacial score (nSPS) is 24.0. The summed E-state index contributed by atoms with van der Waals surface area (Å²) in [5.41, 5.74) is -2.66. The van der Waals surface area contributed by atoms with Gasteiger partial charge in [0.2, 0.25) is 0 Å². The lowest BCUT2D eigenvalue weighted by Crippen LogP contribution is -2.65. The van der Waals surface area contributed by atoms with Crippen LogP contribution in [0.3, 0.4) is 0 Å². The third-order valence-corrected chi connectivity index (χ3v) is 7.90. The van der Waals surface area contributed by atoms with Crippen LogP contribution < -0.4 is 0 Å². The number of nitrogens with zero attached hydrogens (tertiary/aromatic N) is 3. The Labute approximate surface area is 214 Å². The molecule has 2 amide bonds. The molecule has 1 aromatic rings. The number of amides is 2. The minimum Gasteiger partial charge on any atom is -0.400 e. The molecular formula is C23H31N3O10S. The van der Waals surface area contributed by atoms with E-state index >= 15 is 0 Å². The number of sulfone groups is 1. The number of carbonyl (C=O) groups is 4. The first-order valence-electron chi connectivity index (χ1n) is 11.9. The fourth-order valence-electron chi connectivity index (χ4n) is 4.02. The first kappa shape index (κ1) is 28.3. The highest BCUT2D eigenvalue weighted by Gasteiger charge is 2.62. The Morgan fingerprint density at radius 3 is 2.19 bits per heavy atom. The first-order chi connectivity index (χ1) is 17.4. The molecule has 14 heteroatoms. The Morgan fingerprint density at radius 1 is 0.973 bits per heavy atom. The van der Waals surface area contributed by atoms with Crippen molar-refractivity contribution in [1.82, 2.24) is 14.9 Å². The number of carbonyl (C=O) groups excluding carboxylic acids is 4. The number of hydroxylamine groups is 2. The van der Waals surface area contributed by atoms with Gasteiger partial charge in [0.05, 0.1) is 17.7 Å². The summed E-state index contributed by atoms with van der Waals surface area (Å²) < 4.78 is 37.2. The molecule has 13 nitrogen and oxygen atoms in total. The van der Waals surface area contributed by atoms with Crippen molar-refractivity contribution in [3.8, 4) is 0 Å². The summed E-state index contributed by atoms with van der Waals surface area (Å²) in [5, 5.41) is 10.9. The quantitative estimate of drug-likeness (QED) is 0.428. The van der Waals surface area contributed by atoms with E-state index < -0.39 is 63.9 Å². The largest absolute Gasteiger partial charge is 0.400 e. The highest BCUT2D eigenvalue weighted by atomic mass is 32.2. The van der Waals surface area contributed by atoms with E-state index in [1.165, 1.54) is 29.2 Å². The molecule has 2 unspecified atom stereocenters. The Balaban J connectivity index is 2.10. The van der Waals surface area contributed by atoms with E-state index in [1.54, 1.807) is 13.0 Å². The summed E-state index contributed by atoms with van der Waals surface area (Å²) in [6.45, 7) is 7.60. The van der Waals surface area contributed by atoms with E-state index in [-0.39, 0.29) is 23.0 Å². The molecule has 2 bridgehead atoms. The van der Waals surface area contributed by atoms with Gasteiger partial charge >= 0.3 is 29.9 Å². The van der Waals surface area contributed by atoms with Gasteiger partial charge < -0.3 is 29.2 Å². The van der Waals surface area contributed by atoms with Crippen LogP contribution in [0.4, 0.5) is 4.79 Å². The topological polar surface area (TPSA) is 160 Å². The molecule has 1 N–H and O–H groups in total. The second-order valence-corrected chi connectivity index (χ2v) is 10.7. The summed E-state index contributed by atoms with van der Waals surface area (Å²) >= 11 is 0. The van der Waals surface area contributed by atoms with Gasteiger partial charge in [0.15, 0.2) is 21.2 Å². The van der Waals surface area contributed by atoms with Crippen molar-refractivity contribution < 1.29 is 47.0 Å². The van der Waals surface area contributed by atoms with Crippen LogP contribution in [0, 0.1) is 0 Å². The van der Waals surface area contributed by atoms with E-state index in [0.29, 0.717) is 19.6 Å². The van der Waals surface area contributed by atoms with Gasteiger partial charge in [0.25, 0.3) is 0 Å². The van der Waals surface area contributed by atoms with E-state index in [2.05, 4.69) is 0 Å². The van der Waals surface area contributed by atoms with Crippen LogP contribution in [0.1, 0.15) is 33.6 Å². The number of likely N-dealkylation sites (N-methyl/N-ethyl adjacent to an activating group) is 2. The van der Waals surface area contributed by atoms with Crippen LogP contribution in [0.25, 0.3) is 0 Å². The third kappa shape index (κ3) is 6.02. The van der Waals surface area contributed by atoms with Gasteiger partial charge in [-0.25, -0.2) is 22.8 Å². The lowest BCUT2D eigenvalue weighted by molar-refractivity contribution is -0.338. The minimum atomic E-state index is -4.41.